The summed E-state index contributed by atoms with van der Waals surface area (Å²) in [6.45, 7) is 1.96. The van der Waals surface area contributed by atoms with Crippen LogP contribution in [0.15, 0.2) is 34.9 Å². The number of halogens is 2. The van der Waals surface area contributed by atoms with E-state index < -0.39 is 12.2 Å². The molecule has 0 saturated heterocycles. The average Bonchev–Trinajstić information content (AvgIpc) is 2.68. The van der Waals surface area contributed by atoms with Crippen molar-refractivity contribution in [2.24, 2.45) is 0 Å². The predicted molar refractivity (Wildman–Crippen MR) is 51.6 cm³/mol. The monoisotopic (exact) mass is 209 g/mol. The Balaban J connectivity index is 2.33. The molecule has 1 aromatic carbocycles. The van der Waals surface area contributed by atoms with E-state index in [-0.39, 0.29) is 0 Å². The first-order valence-electron chi connectivity index (χ1n) is 4.48. The van der Waals surface area contributed by atoms with Gasteiger partial charge in [-0.25, -0.2) is 8.78 Å². The Morgan fingerprint density at radius 3 is 2.40 bits per heavy atom. The molecule has 0 aliphatic rings. The second-order valence-corrected chi connectivity index (χ2v) is 3.28. The van der Waals surface area contributed by atoms with Crippen LogP contribution in [0.1, 0.15) is 17.7 Å². The summed E-state index contributed by atoms with van der Waals surface area (Å²) in [6.07, 6.45) is -2.61. The first-order chi connectivity index (χ1) is 7.16. The van der Waals surface area contributed by atoms with Gasteiger partial charge in [-0.1, -0.05) is 35.0 Å². The summed E-state index contributed by atoms with van der Waals surface area (Å²) in [6, 6.07) is 8.69. The molecule has 2 aromatic rings. The van der Waals surface area contributed by atoms with Crippen molar-refractivity contribution in [2.45, 2.75) is 13.3 Å². The molecular formula is C11H9F2NO. The van der Waals surface area contributed by atoms with Gasteiger partial charge in [-0.3, -0.25) is 0 Å². The van der Waals surface area contributed by atoms with Crippen molar-refractivity contribution < 1.29 is 13.3 Å². The first kappa shape index (κ1) is 9.83. The summed E-state index contributed by atoms with van der Waals surface area (Å²) in [4.78, 5) is 0. The van der Waals surface area contributed by atoms with E-state index in [1.165, 1.54) is 6.07 Å². The molecule has 2 nitrogen and oxygen atoms in total. The number of benzene rings is 1. The lowest BCUT2D eigenvalue weighted by Crippen LogP contribution is -1.78. The number of alkyl halides is 2. The second-order valence-electron chi connectivity index (χ2n) is 3.28. The third-order valence-corrected chi connectivity index (χ3v) is 2.09. The summed E-state index contributed by atoms with van der Waals surface area (Å²) >= 11 is 0. The van der Waals surface area contributed by atoms with Crippen LogP contribution in [0, 0.1) is 6.92 Å². The molecule has 15 heavy (non-hydrogen) atoms. The molecule has 0 fully saturated rings. The van der Waals surface area contributed by atoms with E-state index in [4.69, 9.17) is 0 Å². The molecule has 0 radical (unpaired) electrons. The fraction of sp³-hybridized carbons (Fsp3) is 0.182. The molecule has 0 saturated carbocycles. The van der Waals surface area contributed by atoms with Crippen molar-refractivity contribution in [3.63, 3.8) is 0 Å². The maximum absolute atomic E-state index is 12.2. The molecule has 0 unspecified atom stereocenters. The van der Waals surface area contributed by atoms with Crippen molar-refractivity contribution in [3.8, 4) is 11.3 Å². The number of hydrogen-bond donors (Lipinski definition) is 0. The summed E-state index contributed by atoms with van der Waals surface area (Å²) in [5.41, 5.74) is 2.32. The molecule has 0 aliphatic carbocycles. The van der Waals surface area contributed by atoms with E-state index in [1.807, 2.05) is 31.2 Å². The van der Waals surface area contributed by atoms with Gasteiger partial charge in [0.2, 0.25) is 5.76 Å². The van der Waals surface area contributed by atoms with E-state index in [9.17, 15) is 8.78 Å². The van der Waals surface area contributed by atoms with E-state index in [2.05, 4.69) is 9.68 Å². The van der Waals surface area contributed by atoms with Crippen LogP contribution in [-0.4, -0.2) is 5.16 Å². The maximum atomic E-state index is 12.2. The first-order valence-corrected chi connectivity index (χ1v) is 4.48. The van der Waals surface area contributed by atoms with Gasteiger partial charge in [-0.05, 0) is 6.92 Å². The molecular weight excluding hydrogens is 200 g/mol. The van der Waals surface area contributed by atoms with Gasteiger partial charge in [-0.2, -0.15) is 0 Å². The van der Waals surface area contributed by atoms with Crippen LogP contribution in [0.2, 0.25) is 0 Å². The second kappa shape index (κ2) is 3.81. The van der Waals surface area contributed by atoms with Crippen LogP contribution < -0.4 is 0 Å². The maximum Gasteiger partial charge on any atom is 0.298 e. The van der Waals surface area contributed by atoms with Crippen molar-refractivity contribution >= 4 is 0 Å². The number of aromatic nitrogens is 1. The van der Waals surface area contributed by atoms with Crippen LogP contribution in [0.3, 0.4) is 0 Å². The average molecular weight is 209 g/mol. The molecule has 1 aromatic heterocycles. The molecule has 78 valence electrons. The highest BCUT2D eigenvalue weighted by atomic mass is 19.3. The standard InChI is InChI=1S/C11H9F2NO/c1-7-2-4-8(5-3-7)9-6-10(11(12)13)15-14-9/h2-6,11H,1H3. The Labute approximate surface area is 85.5 Å². The Bertz CT molecular complexity index is 448. The van der Waals surface area contributed by atoms with Gasteiger partial charge in [0.05, 0.1) is 0 Å². The van der Waals surface area contributed by atoms with Crippen LogP contribution in [-0.2, 0) is 0 Å². The summed E-state index contributed by atoms with van der Waals surface area (Å²) in [7, 11) is 0. The third-order valence-electron chi connectivity index (χ3n) is 2.09. The highest BCUT2D eigenvalue weighted by Crippen LogP contribution is 2.25. The Kier molecular flexibility index (Phi) is 2.49. The van der Waals surface area contributed by atoms with Crippen LogP contribution in [0.25, 0.3) is 11.3 Å². The molecule has 0 spiro atoms. The van der Waals surface area contributed by atoms with Gasteiger partial charge in [0.15, 0.2) is 0 Å². The largest absolute Gasteiger partial charge is 0.355 e. The minimum atomic E-state index is -2.61. The van der Waals surface area contributed by atoms with Crippen LogP contribution in [0.5, 0.6) is 0 Å². The minimum Gasteiger partial charge on any atom is -0.355 e. The number of hydrogen-bond acceptors (Lipinski definition) is 2. The number of nitrogens with zero attached hydrogens (tertiary/aromatic N) is 1. The molecule has 0 aliphatic heterocycles. The number of rotatable bonds is 2. The Morgan fingerprint density at radius 2 is 1.87 bits per heavy atom. The van der Waals surface area contributed by atoms with Gasteiger partial charge in [0.25, 0.3) is 6.43 Å². The fourth-order valence-electron chi connectivity index (χ4n) is 1.25. The van der Waals surface area contributed by atoms with Crippen molar-refractivity contribution in [1.29, 1.82) is 0 Å². The molecule has 2 rings (SSSR count). The van der Waals surface area contributed by atoms with Gasteiger partial charge < -0.3 is 4.52 Å². The van der Waals surface area contributed by atoms with E-state index in [0.717, 1.165) is 11.1 Å². The van der Waals surface area contributed by atoms with E-state index >= 15 is 0 Å². The minimum absolute atomic E-state index is 0.398. The summed E-state index contributed by atoms with van der Waals surface area (Å²) < 4.78 is 29.0. The van der Waals surface area contributed by atoms with Crippen LogP contribution in [0.4, 0.5) is 8.78 Å². The molecule has 0 atom stereocenters. The normalized spacial score (nSPS) is 10.9. The Hall–Kier alpha value is -1.71. The zero-order chi connectivity index (χ0) is 10.8. The highest BCUT2D eigenvalue weighted by Gasteiger charge is 2.14. The lowest BCUT2D eigenvalue weighted by molar-refractivity contribution is 0.112. The van der Waals surface area contributed by atoms with E-state index in [0.29, 0.717) is 5.69 Å². The molecule has 1 heterocycles. The highest BCUT2D eigenvalue weighted by molar-refractivity contribution is 5.59. The fourth-order valence-corrected chi connectivity index (χ4v) is 1.25. The summed E-state index contributed by atoms with van der Waals surface area (Å²) in [5.74, 6) is -0.398. The van der Waals surface area contributed by atoms with Gasteiger partial charge in [0, 0.05) is 11.6 Å². The third kappa shape index (κ3) is 2.03. The molecule has 4 heteroatoms. The molecule has 0 amide bonds. The Morgan fingerprint density at radius 1 is 1.20 bits per heavy atom. The topological polar surface area (TPSA) is 26.0 Å². The van der Waals surface area contributed by atoms with Crippen molar-refractivity contribution in [1.82, 2.24) is 5.16 Å². The van der Waals surface area contributed by atoms with Gasteiger partial charge in [0.1, 0.15) is 5.69 Å². The lowest BCUT2D eigenvalue weighted by atomic mass is 10.1. The lowest BCUT2D eigenvalue weighted by Gasteiger charge is -1.95. The number of aryl methyl sites for hydroxylation is 1. The smallest absolute Gasteiger partial charge is 0.298 e. The molecule has 0 bridgehead atoms. The zero-order valence-corrected chi connectivity index (χ0v) is 8.08. The van der Waals surface area contributed by atoms with Crippen LogP contribution >= 0.6 is 0 Å². The van der Waals surface area contributed by atoms with E-state index in [1.54, 1.807) is 0 Å². The zero-order valence-electron chi connectivity index (χ0n) is 8.08. The van der Waals surface area contributed by atoms with Gasteiger partial charge in [-0.15, -0.1) is 0 Å². The molecule has 0 N–H and O–H groups in total. The van der Waals surface area contributed by atoms with Crippen molar-refractivity contribution in [2.75, 3.05) is 0 Å². The van der Waals surface area contributed by atoms with Gasteiger partial charge >= 0.3 is 0 Å². The summed E-state index contributed by atoms with van der Waals surface area (Å²) in [5, 5.41) is 3.58. The predicted octanol–water partition coefficient (Wildman–Crippen LogP) is 3.59. The SMILES string of the molecule is Cc1ccc(-c2cc(C(F)F)on2)cc1. The quantitative estimate of drug-likeness (QED) is 0.755. The van der Waals surface area contributed by atoms with Crippen molar-refractivity contribution in [3.05, 3.63) is 41.7 Å².